The van der Waals surface area contributed by atoms with Gasteiger partial charge in [-0.25, -0.2) is 8.42 Å². The fourth-order valence-corrected chi connectivity index (χ4v) is 5.06. The van der Waals surface area contributed by atoms with Crippen LogP contribution < -0.4 is 0 Å². The van der Waals surface area contributed by atoms with E-state index in [1.54, 1.807) is 34.8 Å². The maximum atomic E-state index is 12.9. The van der Waals surface area contributed by atoms with E-state index in [-0.39, 0.29) is 23.5 Å². The Labute approximate surface area is 152 Å². The predicted octanol–water partition coefficient (Wildman–Crippen LogP) is 2.39. The first-order valence-corrected chi connectivity index (χ1v) is 10.3. The molecule has 134 valence electrons. The zero-order chi connectivity index (χ0) is 18.2. The maximum absolute atomic E-state index is 12.9. The smallest absolute Gasteiger partial charge is 0.274 e. The van der Waals surface area contributed by atoms with Gasteiger partial charge in [0.15, 0.2) is 15.5 Å². The highest BCUT2D eigenvalue weighted by Crippen LogP contribution is 2.24. The lowest BCUT2D eigenvalue weighted by molar-refractivity contribution is 0.0701. The van der Waals surface area contributed by atoms with Crippen LogP contribution in [0, 0.1) is 0 Å². The van der Waals surface area contributed by atoms with Gasteiger partial charge in [-0.2, -0.15) is 5.10 Å². The molecule has 0 saturated carbocycles. The molecule has 6 nitrogen and oxygen atoms in total. The summed E-state index contributed by atoms with van der Waals surface area (Å²) in [5, 5.41) is 4.97. The van der Waals surface area contributed by atoms with Crippen molar-refractivity contribution in [2.24, 2.45) is 7.05 Å². The van der Waals surface area contributed by atoms with Crippen molar-refractivity contribution >= 4 is 27.3 Å². The van der Waals surface area contributed by atoms with Crippen LogP contribution in [0.4, 0.5) is 0 Å². The molecule has 0 spiro atoms. The zero-order valence-electron chi connectivity index (χ0n) is 14.1. The van der Waals surface area contributed by atoms with Crippen LogP contribution in [0.5, 0.6) is 0 Å². The highest BCUT2D eigenvalue weighted by molar-refractivity contribution is 7.91. The van der Waals surface area contributed by atoms with Crippen LogP contribution >= 0.6 is 11.6 Å². The number of sulfone groups is 1. The fourth-order valence-electron chi connectivity index (χ4n) is 3.20. The molecule has 1 aliphatic heterocycles. The summed E-state index contributed by atoms with van der Waals surface area (Å²) < 4.78 is 25.1. The summed E-state index contributed by atoms with van der Waals surface area (Å²) in [5.41, 5.74) is 2.03. The second-order valence-corrected chi connectivity index (χ2v) is 8.86. The number of carbonyl (C=O) groups is 1. The van der Waals surface area contributed by atoms with Crippen molar-refractivity contribution in [2.45, 2.75) is 19.4 Å². The summed E-state index contributed by atoms with van der Waals surface area (Å²) >= 11 is 5.92. The standard InChI is InChI=1S/C17H20ClN3O3S/c1-3-21(14-8-9-25(23,24)11-14)17(22)15-10-16(20(2)19-15)12-4-6-13(18)7-5-12/h4-7,10,14H,3,8-9,11H2,1-2H3. The number of carbonyl (C=O) groups excluding carboxylic acids is 1. The first-order valence-electron chi connectivity index (χ1n) is 8.12. The third-order valence-electron chi connectivity index (χ3n) is 4.49. The van der Waals surface area contributed by atoms with Crippen molar-refractivity contribution in [3.63, 3.8) is 0 Å². The third kappa shape index (κ3) is 3.72. The Morgan fingerprint density at radius 3 is 2.60 bits per heavy atom. The van der Waals surface area contributed by atoms with Crippen molar-refractivity contribution in [3.8, 4) is 11.3 Å². The lowest BCUT2D eigenvalue weighted by Crippen LogP contribution is -2.41. The maximum Gasteiger partial charge on any atom is 0.274 e. The van der Waals surface area contributed by atoms with Crippen molar-refractivity contribution in [3.05, 3.63) is 41.0 Å². The summed E-state index contributed by atoms with van der Waals surface area (Å²) in [6, 6.07) is 8.77. The summed E-state index contributed by atoms with van der Waals surface area (Å²) in [6.07, 6.45) is 0.485. The predicted molar refractivity (Wildman–Crippen MR) is 97.4 cm³/mol. The summed E-state index contributed by atoms with van der Waals surface area (Å²) in [7, 11) is -1.27. The Hall–Kier alpha value is -1.86. The van der Waals surface area contributed by atoms with Crippen molar-refractivity contribution in [2.75, 3.05) is 18.1 Å². The molecular formula is C17H20ClN3O3S. The average molecular weight is 382 g/mol. The molecule has 0 radical (unpaired) electrons. The lowest BCUT2D eigenvalue weighted by atomic mass is 10.1. The van der Waals surface area contributed by atoms with E-state index >= 15 is 0 Å². The normalized spacial score (nSPS) is 19.1. The van der Waals surface area contributed by atoms with Crippen molar-refractivity contribution < 1.29 is 13.2 Å². The topological polar surface area (TPSA) is 72.3 Å². The SMILES string of the molecule is CCN(C(=O)c1cc(-c2ccc(Cl)cc2)n(C)n1)C1CCS(=O)(=O)C1. The fraction of sp³-hybridized carbons (Fsp3) is 0.412. The van der Waals surface area contributed by atoms with Crippen LogP contribution in [0.1, 0.15) is 23.8 Å². The largest absolute Gasteiger partial charge is 0.333 e. The van der Waals surface area contributed by atoms with Crippen LogP contribution in [0.2, 0.25) is 5.02 Å². The first kappa shape index (κ1) is 17.9. The van der Waals surface area contributed by atoms with Gasteiger partial charge in [0.25, 0.3) is 5.91 Å². The zero-order valence-corrected chi connectivity index (χ0v) is 15.7. The van der Waals surface area contributed by atoms with Crippen LogP contribution in [-0.2, 0) is 16.9 Å². The number of amides is 1. The molecule has 2 heterocycles. The minimum absolute atomic E-state index is 0.0312. The van der Waals surface area contributed by atoms with Gasteiger partial charge in [0, 0.05) is 24.7 Å². The monoisotopic (exact) mass is 381 g/mol. The van der Waals surface area contributed by atoms with E-state index in [0.717, 1.165) is 11.3 Å². The van der Waals surface area contributed by atoms with E-state index in [4.69, 9.17) is 11.6 Å². The van der Waals surface area contributed by atoms with Crippen LogP contribution in [0.25, 0.3) is 11.3 Å². The molecule has 0 bridgehead atoms. The van der Waals surface area contributed by atoms with Gasteiger partial charge >= 0.3 is 0 Å². The molecule has 1 aliphatic rings. The molecule has 3 rings (SSSR count). The van der Waals surface area contributed by atoms with Crippen molar-refractivity contribution in [1.29, 1.82) is 0 Å². The molecule has 1 atom stereocenters. The van der Waals surface area contributed by atoms with Gasteiger partial charge in [-0.1, -0.05) is 23.7 Å². The number of aryl methyl sites for hydroxylation is 1. The first-order chi connectivity index (χ1) is 11.8. The van der Waals surface area contributed by atoms with Crippen LogP contribution in [-0.4, -0.2) is 53.1 Å². The Morgan fingerprint density at radius 2 is 2.04 bits per heavy atom. The highest BCUT2D eigenvalue weighted by atomic mass is 35.5. The molecule has 1 unspecified atom stereocenters. The Kier molecular flexibility index (Phi) is 4.88. The molecule has 1 amide bonds. The number of rotatable bonds is 4. The van der Waals surface area contributed by atoms with Crippen LogP contribution in [0.3, 0.4) is 0 Å². The molecule has 1 saturated heterocycles. The molecule has 0 N–H and O–H groups in total. The minimum atomic E-state index is -3.05. The van der Waals surface area contributed by atoms with Gasteiger partial charge < -0.3 is 4.90 Å². The van der Waals surface area contributed by atoms with E-state index in [9.17, 15) is 13.2 Å². The molecule has 8 heteroatoms. The van der Waals surface area contributed by atoms with Gasteiger partial charge in [-0.15, -0.1) is 0 Å². The Bertz CT molecular complexity index is 890. The number of hydrogen-bond donors (Lipinski definition) is 0. The molecule has 0 aliphatic carbocycles. The second-order valence-electron chi connectivity index (χ2n) is 6.19. The molecule has 1 fully saturated rings. The van der Waals surface area contributed by atoms with Gasteiger partial charge in [0.2, 0.25) is 0 Å². The van der Waals surface area contributed by atoms with Gasteiger partial charge in [-0.3, -0.25) is 9.48 Å². The molecule has 25 heavy (non-hydrogen) atoms. The summed E-state index contributed by atoms with van der Waals surface area (Å²) in [6.45, 7) is 2.30. The second kappa shape index (κ2) is 6.80. The molecule has 1 aromatic carbocycles. The molecular weight excluding hydrogens is 362 g/mol. The van der Waals surface area contributed by atoms with Crippen LogP contribution in [0.15, 0.2) is 30.3 Å². The average Bonchev–Trinajstić information content (AvgIpc) is 3.11. The van der Waals surface area contributed by atoms with Crippen molar-refractivity contribution in [1.82, 2.24) is 14.7 Å². The van der Waals surface area contributed by atoms with Gasteiger partial charge in [-0.05, 0) is 37.1 Å². The van der Waals surface area contributed by atoms with Gasteiger partial charge in [0.1, 0.15) is 0 Å². The number of nitrogens with zero attached hydrogens (tertiary/aromatic N) is 3. The van der Waals surface area contributed by atoms with Gasteiger partial charge in [0.05, 0.1) is 17.2 Å². The van der Waals surface area contributed by atoms with E-state index in [2.05, 4.69) is 5.10 Å². The number of hydrogen-bond acceptors (Lipinski definition) is 4. The Morgan fingerprint density at radius 1 is 1.36 bits per heavy atom. The highest BCUT2D eigenvalue weighted by Gasteiger charge is 2.35. The molecule has 1 aromatic heterocycles. The Balaban J connectivity index is 1.87. The third-order valence-corrected chi connectivity index (χ3v) is 6.49. The van der Waals surface area contributed by atoms with E-state index in [0.29, 0.717) is 23.7 Å². The summed E-state index contributed by atoms with van der Waals surface area (Å²) in [4.78, 5) is 14.5. The quantitative estimate of drug-likeness (QED) is 0.815. The van der Waals surface area contributed by atoms with E-state index in [1.807, 2.05) is 19.1 Å². The van der Waals surface area contributed by atoms with E-state index < -0.39 is 9.84 Å². The number of halogens is 1. The van der Waals surface area contributed by atoms with E-state index in [1.165, 1.54) is 0 Å². The summed E-state index contributed by atoms with van der Waals surface area (Å²) in [5.74, 6) is -0.0659. The lowest BCUT2D eigenvalue weighted by Gasteiger charge is -2.25. The number of aromatic nitrogens is 2. The minimum Gasteiger partial charge on any atom is -0.333 e. The number of benzene rings is 1. The molecule has 2 aromatic rings.